The molecule has 210 valence electrons. The van der Waals surface area contributed by atoms with E-state index < -0.39 is 35.8 Å². The Morgan fingerprint density at radius 3 is 2.21 bits per heavy atom. The van der Waals surface area contributed by atoms with Crippen LogP contribution < -0.4 is 15.5 Å². The van der Waals surface area contributed by atoms with Gasteiger partial charge >= 0.3 is 24.1 Å². The van der Waals surface area contributed by atoms with Gasteiger partial charge in [-0.25, -0.2) is 19.2 Å². The van der Waals surface area contributed by atoms with Gasteiger partial charge in [0.2, 0.25) is 0 Å². The number of amides is 2. The number of hydrogen-bond acceptors (Lipinski definition) is 8. The summed E-state index contributed by atoms with van der Waals surface area (Å²) < 4.78 is 15.3. The van der Waals surface area contributed by atoms with Crippen molar-refractivity contribution in [2.24, 2.45) is 0 Å². The molecular weight excluding hydrogens is 502 g/mol. The maximum absolute atomic E-state index is 12.8. The summed E-state index contributed by atoms with van der Waals surface area (Å²) >= 11 is 0. The van der Waals surface area contributed by atoms with E-state index in [1.54, 1.807) is 51.1 Å². The molecule has 0 bridgehead atoms. The van der Waals surface area contributed by atoms with Crippen molar-refractivity contribution >= 4 is 35.5 Å². The lowest BCUT2D eigenvalue weighted by atomic mass is 9.93. The predicted octanol–water partition coefficient (Wildman–Crippen LogP) is 5.28. The molecule has 0 spiro atoms. The molecule has 0 saturated heterocycles. The standard InChI is InChI=1S/C29H37N3O7/c1-29(2,3)39-28(36)30-22-17-11-12-18-24(22)32(21-15-9-6-10-16-21)19-23(26(34)37-4)31-27(35)38-25(33)20-13-7-5-8-14-20/h5,7-8,11-14,17-18,21,23H,6,9-10,15-16,19H2,1-4H3,(H,30,36)(H,31,35)/t23-/m1/s1. The van der Waals surface area contributed by atoms with Crippen LogP contribution in [0.25, 0.3) is 0 Å². The molecule has 0 aliphatic heterocycles. The smallest absolute Gasteiger partial charge is 0.415 e. The van der Waals surface area contributed by atoms with E-state index in [9.17, 15) is 19.2 Å². The Bertz CT molecular complexity index is 1140. The molecule has 1 aliphatic carbocycles. The third kappa shape index (κ3) is 9.01. The van der Waals surface area contributed by atoms with Crippen molar-refractivity contribution in [3.8, 4) is 0 Å². The molecule has 10 nitrogen and oxygen atoms in total. The molecule has 2 N–H and O–H groups in total. The second kappa shape index (κ2) is 13.6. The Hall–Kier alpha value is -4.08. The normalized spacial score (nSPS) is 14.5. The topological polar surface area (TPSA) is 123 Å². The summed E-state index contributed by atoms with van der Waals surface area (Å²) in [7, 11) is 1.22. The molecule has 0 radical (unpaired) electrons. The second-order valence-corrected chi connectivity index (χ2v) is 10.4. The number of carbonyl (C=O) groups excluding carboxylic acids is 4. The summed E-state index contributed by atoms with van der Waals surface area (Å²) in [6.45, 7) is 5.36. The fourth-order valence-electron chi connectivity index (χ4n) is 4.49. The maximum atomic E-state index is 12.8. The number of methoxy groups -OCH3 is 1. The summed E-state index contributed by atoms with van der Waals surface area (Å²) in [6.07, 6.45) is 3.18. The van der Waals surface area contributed by atoms with Gasteiger partial charge in [-0.1, -0.05) is 49.6 Å². The zero-order valence-corrected chi connectivity index (χ0v) is 22.9. The average Bonchev–Trinajstić information content (AvgIpc) is 2.91. The minimum atomic E-state index is -1.15. The molecule has 39 heavy (non-hydrogen) atoms. The van der Waals surface area contributed by atoms with Crippen molar-refractivity contribution in [1.82, 2.24) is 5.32 Å². The minimum Gasteiger partial charge on any atom is -0.467 e. The molecule has 10 heteroatoms. The quantitative estimate of drug-likeness (QED) is 0.264. The first-order valence-corrected chi connectivity index (χ1v) is 13.1. The van der Waals surface area contributed by atoms with E-state index >= 15 is 0 Å². The van der Waals surface area contributed by atoms with Crippen LogP contribution in [0.5, 0.6) is 0 Å². The van der Waals surface area contributed by atoms with Gasteiger partial charge in [-0.2, -0.15) is 0 Å². The monoisotopic (exact) mass is 539 g/mol. The highest BCUT2D eigenvalue weighted by atomic mass is 16.6. The second-order valence-electron chi connectivity index (χ2n) is 10.4. The number of carbonyl (C=O) groups is 4. The average molecular weight is 540 g/mol. The summed E-state index contributed by atoms with van der Waals surface area (Å²) in [5, 5.41) is 5.30. The number of anilines is 2. The van der Waals surface area contributed by atoms with Crippen LogP contribution in [0.4, 0.5) is 21.0 Å². The number of nitrogens with zero attached hydrogens (tertiary/aromatic N) is 1. The van der Waals surface area contributed by atoms with Crippen LogP contribution in [0.3, 0.4) is 0 Å². The zero-order chi connectivity index (χ0) is 28.4. The lowest BCUT2D eigenvalue weighted by molar-refractivity contribution is -0.142. The highest BCUT2D eigenvalue weighted by molar-refractivity contribution is 5.97. The third-order valence-electron chi connectivity index (χ3n) is 6.22. The number of alkyl carbamates (subject to hydrolysis) is 1. The maximum Gasteiger partial charge on any atom is 0.415 e. The van der Waals surface area contributed by atoms with Gasteiger partial charge in [0, 0.05) is 12.6 Å². The SMILES string of the molecule is COC(=O)[C@@H](CN(c1ccccc1NC(=O)OC(C)(C)C)C1CCCCC1)NC(=O)OC(=O)c1ccccc1. The van der Waals surface area contributed by atoms with Gasteiger partial charge in [0.05, 0.1) is 24.0 Å². The van der Waals surface area contributed by atoms with E-state index in [0.717, 1.165) is 32.1 Å². The van der Waals surface area contributed by atoms with Crippen LogP contribution in [-0.2, 0) is 19.0 Å². The van der Waals surface area contributed by atoms with Crippen LogP contribution in [0.1, 0.15) is 63.2 Å². The molecule has 0 unspecified atom stereocenters. The summed E-state index contributed by atoms with van der Waals surface area (Å²) in [6, 6.07) is 14.2. The summed E-state index contributed by atoms with van der Waals surface area (Å²) in [4.78, 5) is 52.4. The van der Waals surface area contributed by atoms with E-state index in [1.807, 2.05) is 17.0 Å². The van der Waals surface area contributed by atoms with E-state index in [2.05, 4.69) is 10.6 Å². The Labute approximate surface area is 229 Å². The molecular formula is C29H37N3O7. The van der Waals surface area contributed by atoms with Gasteiger partial charge in [-0.15, -0.1) is 0 Å². The highest BCUT2D eigenvalue weighted by Gasteiger charge is 2.32. The van der Waals surface area contributed by atoms with Crippen molar-refractivity contribution in [3.05, 3.63) is 60.2 Å². The first kappa shape index (κ1) is 29.5. The zero-order valence-electron chi connectivity index (χ0n) is 22.9. The van der Waals surface area contributed by atoms with Crippen molar-refractivity contribution in [1.29, 1.82) is 0 Å². The Kier molecular flexibility index (Phi) is 10.3. The first-order chi connectivity index (χ1) is 18.6. The van der Waals surface area contributed by atoms with Gasteiger partial charge < -0.3 is 24.4 Å². The van der Waals surface area contributed by atoms with Crippen molar-refractivity contribution in [2.75, 3.05) is 23.9 Å². The summed E-state index contributed by atoms with van der Waals surface area (Å²) in [5.41, 5.74) is 0.690. The van der Waals surface area contributed by atoms with Gasteiger partial charge in [0.1, 0.15) is 11.6 Å². The lowest BCUT2D eigenvalue weighted by Crippen LogP contribution is -2.52. The molecule has 3 rings (SSSR count). The van der Waals surface area contributed by atoms with E-state index in [-0.39, 0.29) is 18.2 Å². The van der Waals surface area contributed by atoms with Gasteiger partial charge in [0.15, 0.2) is 0 Å². The van der Waals surface area contributed by atoms with Gasteiger partial charge in [-0.3, -0.25) is 5.32 Å². The number of rotatable bonds is 8. The van der Waals surface area contributed by atoms with Crippen molar-refractivity contribution in [2.45, 2.75) is 70.6 Å². The van der Waals surface area contributed by atoms with E-state index in [1.165, 1.54) is 19.2 Å². The molecule has 1 aliphatic rings. The lowest BCUT2D eigenvalue weighted by Gasteiger charge is -2.38. The summed E-state index contributed by atoms with van der Waals surface area (Å²) in [5.74, 6) is -1.54. The Balaban J connectivity index is 1.85. The molecule has 0 aromatic heterocycles. The van der Waals surface area contributed by atoms with Crippen LogP contribution in [0.2, 0.25) is 0 Å². The number of hydrogen-bond donors (Lipinski definition) is 2. The number of para-hydroxylation sites is 2. The number of ether oxygens (including phenoxy) is 3. The largest absolute Gasteiger partial charge is 0.467 e. The fourth-order valence-corrected chi connectivity index (χ4v) is 4.49. The molecule has 1 saturated carbocycles. The molecule has 2 aromatic rings. The van der Waals surface area contributed by atoms with Crippen LogP contribution in [0.15, 0.2) is 54.6 Å². The van der Waals surface area contributed by atoms with Crippen LogP contribution >= 0.6 is 0 Å². The minimum absolute atomic E-state index is 0.0268. The molecule has 1 fully saturated rings. The van der Waals surface area contributed by atoms with Gasteiger partial charge in [-0.05, 0) is 57.9 Å². The number of esters is 2. The van der Waals surface area contributed by atoms with Crippen molar-refractivity contribution in [3.63, 3.8) is 0 Å². The predicted molar refractivity (Wildman–Crippen MR) is 147 cm³/mol. The molecule has 0 heterocycles. The number of nitrogens with one attached hydrogen (secondary N) is 2. The Morgan fingerprint density at radius 2 is 1.56 bits per heavy atom. The fraction of sp³-hybridized carbons (Fsp3) is 0.448. The molecule has 2 amide bonds. The molecule has 2 aromatic carbocycles. The van der Waals surface area contributed by atoms with E-state index in [4.69, 9.17) is 14.2 Å². The Morgan fingerprint density at radius 1 is 0.923 bits per heavy atom. The van der Waals surface area contributed by atoms with Crippen LogP contribution in [0, 0.1) is 0 Å². The van der Waals surface area contributed by atoms with Crippen LogP contribution in [-0.4, -0.2) is 55.5 Å². The van der Waals surface area contributed by atoms with E-state index in [0.29, 0.717) is 11.4 Å². The first-order valence-electron chi connectivity index (χ1n) is 13.1. The van der Waals surface area contributed by atoms with Crippen molar-refractivity contribution < 1.29 is 33.4 Å². The molecule has 1 atom stereocenters. The third-order valence-corrected chi connectivity index (χ3v) is 6.22. The van der Waals surface area contributed by atoms with Gasteiger partial charge in [0.25, 0.3) is 0 Å². The highest BCUT2D eigenvalue weighted by Crippen LogP contribution is 2.33. The number of benzene rings is 2.